The van der Waals surface area contributed by atoms with Gasteiger partial charge in [0.1, 0.15) is 23.9 Å². The zero-order valence-electron chi connectivity index (χ0n) is 12.7. The number of rotatable bonds is 5. The van der Waals surface area contributed by atoms with Gasteiger partial charge in [-0.3, -0.25) is 4.79 Å². The van der Waals surface area contributed by atoms with Gasteiger partial charge in [0.05, 0.1) is 7.11 Å². The molecule has 1 N–H and O–H groups in total. The van der Waals surface area contributed by atoms with E-state index in [1.54, 1.807) is 20.1 Å². The Kier molecular flexibility index (Phi) is 3.84. The summed E-state index contributed by atoms with van der Waals surface area (Å²) in [6, 6.07) is 11.0. The molecule has 0 amide bonds. The predicted molar refractivity (Wildman–Crippen MR) is 82.1 cm³/mol. The van der Waals surface area contributed by atoms with Crippen LogP contribution in [0, 0.1) is 6.92 Å². The summed E-state index contributed by atoms with van der Waals surface area (Å²) in [5.74, 6) is 1.78. The SMILES string of the molecule is COc1ccc(-c2ccc(-c3nc(C)nn3CC(=O)O)o2)cc1. The third-order valence-electron chi connectivity index (χ3n) is 3.26. The molecule has 2 heterocycles. The monoisotopic (exact) mass is 313 g/mol. The maximum Gasteiger partial charge on any atom is 0.325 e. The Balaban J connectivity index is 1.94. The molecule has 0 fully saturated rings. The summed E-state index contributed by atoms with van der Waals surface area (Å²) in [6.07, 6.45) is 0. The fraction of sp³-hybridized carbons (Fsp3) is 0.188. The minimum atomic E-state index is -0.988. The van der Waals surface area contributed by atoms with E-state index < -0.39 is 5.97 Å². The molecule has 0 saturated heterocycles. The zero-order chi connectivity index (χ0) is 16.4. The molecule has 7 nitrogen and oxygen atoms in total. The van der Waals surface area contributed by atoms with Crippen LogP contribution < -0.4 is 4.74 Å². The Morgan fingerprint density at radius 2 is 1.91 bits per heavy atom. The lowest BCUT2D eigenvalue weighted by atomic mass is 10.2. The van der Waals surface area contributed by atoms with Gasteiger partial charge in [-0.25, -0.2) is 9.67 Å². The first-order valence-corrected chi connectivity index (χ1v) is 6.94. The zero-order valence-corrected chi connectivity index (χ0v) is 12.7. The van der Waals surface area contributed by atoms with Crippen molar-refractivity contribution in [1.82, 2.24) is 14.8 Å². The number of carboxylic acids is 1. The molecule has 0 bridgehead atoms. The summed E-state index contributed by atoms with van der Waals surface area (Å²) in [5, 5.41) is 13.0. The number of carbonyl (C=O) groups is 1. The molecule has 0 atom stereocenters. The fourth-order valence-corrected chi connectivity index (χ4v) is 2.24. The molecular weight excluding hydrogens is 298 g/mol. The molecular formula is C16H15N3O4. The fourth-order valence-electron chi connectivity index (χ4n) is 2.24. The van der Waals surface area contributed by atoms with Gasteiger partial charge in [-0.1, -0.05) is 0 Å². The van der Waals surface area contributed by atoms with Crippen molar-refractivity contribution < 1.29 is 19.1 Å². The lowest BCUT2D eigenvalue weighted by Gasteiger charge is -2.02. The van der Waals surface area contributed by atoms with Crippen molar-refractivity contribution in [3.05, 3.63) is 42.2 Å². The van der Waals surface area contributed by atoms with Gasteiger partial charge >= 0.3 is 5.97 Å². The second kappa shape index (κ2) is 5.96. The lowest BCUT2D eigenvalue weighted by Crippen LogP contribution is -2.11. The standard InChI is InChI=1S/C16H15N3O4/c1-10-17-16(19(18-10)9-15(20)21)14-8-7-13(23-14)11-3-5-12(22-2)6-4-11/h3-8H,9H2,1-2H3,(H,20,21). The maximum absolute atomic E-state index is 10.9. The summed E-state index contributed by atoms with van der Waals surface area (Å²) in [7, 11) is 1.61. The quantitative estimate of drug-likeness (QED) is 0.778. The van der Waals surface area contributed by atoms with E-state index in [0.717, 1.165) is 11.3 Å². The molecule has 0 radical (unpaired) electrons. The van der Waals surface area contributed by atoms with Crippen LogP contribution >= 0.6 is 0 Å². The van der Waals surface area contributed by atoms with E-state index in [1.165, 1.54) is 4.68 Å². The molecule has 0 spiro atoms. The molecule has 2 aromatic heterocycles. The third-order valence-corrected chi connectivity index (χ3v) is 3.26. The summed E-state index contributed by atoms with van der Waals surface area (Å²) in [4.78, 5) is 15.2. The van der Waals surface area contributed by atoms with Crippen LogP contribution in [0.15, 0.2) is 40.8 Å². The first-order chi connectivity index (χ1) is 11.1. The molecule has 0 saturated carbocycles. The smallest absolute Gasteiger partial charge is 0.325 e. The highest BCUT2D eigenvalue weighted by atomic mass is 16.5. The average molecular weight is 313 g/mol. The second-order valence-corrected chi connectivity index (χ2v) is 4.93. The van der Waals surface area contributed by atoms with Gasteiger partial charge in [-0.05, 0) is 43.3 Å². The highest BCUT2D eigenvalue weighted by Crippen LogP contribution is 2.28. The number of hydrogen-bond acceptors (Lipinski definition) is 5. The lowest BCUT2D eigenvalue weighted by molar-refractivity contribution is -0.137. The van der Waals surface area contributed by atoms with E-state index in [4.69, 9.17) is 14.3 Å². The van der Waals surface area contributed by atoms with Crippen molar-refractivity contribution in [3.63, 3.8) is 0 Å². The largest absolute Gasteiger partial charge is 0.497 e. The van der Waals surface area contributed by atoms with Gasteiger partial charge in [-0.2, -0.15) is 5.10 Å². The van der Waals surface area contributed by atoms with Crippen molar-refractivity contribution in [2.24, 2.45) is 0 Å². The van der Waals surface area contributed by atoms with Crippen LogP contribution in [0.3, 0.4) is 0 Å². The molecule has 1 aromatic carbocycles. The highest BCUT2D eigenvalue weighted by Gasteiger charge is 2.16. The van der Waals surface area contributed by atoms with Crippen molar-refractivity contribution in [2.45, 2.75) is 13.5 Å². The van der Waals surface area contributed by atoms with E-state index in [1.807, 2.05) is 30.3 Å². The van der Waals surface area contributed by atoms with Gasteiger partial charge in [0.15, 0.2) is 11.6 Å². The number of ether oxygens (including phenoxy) is 1. The number of hydrogen-bond donors (Lipinski definition) is 1. The van der Waals surface area contributed by atoms with Gasteiger partial charge in [0.2, 0.25) is 0 Å². The number of carboxylic acid groups (broad SMARTS) is 1. The van der Waals surface area contributed by atoms with Gasteiger partial charge in [-0.15, -0.1) is 0 Å². The van der Waals surface area contributed by atoms with Crippen molar-refractivity contribution >= 4 is 5.97 Å². The Morgan fingerprint density at radius 1 is 1.22 bits per heavy atom. The molecule has 0 aliphatic rings. The van der Waals surface area contributed by atoms with E-state index in [-0.39, 0.29) is 6.54 Å². The number of methoxy groups -OCH3 is 1. The van der Waals surface area contributed by atoms with E-state index in [2.05, 4.69) is 10.1 Å². The average Bonchev–Trinajstić information content (AvgIpc) is 3.13. The number of nitrogens with zero attached hydrogens (tertiary/aromatic N) is 3. The summed E-state index contributed by atoms with van der Waals surface area (Å²) in [5.41, 5.74) is 0.887. The van der Waals surface area contributed by atoms with Crippen molar-refractivity contribution in [2.75, 3.05) is 7.11 Å². The van der Waals surface area contributed by atoms with Crippen molar-refractivity contribution in [3.8, 4) is 28.7 Å². The minimum Gasteiger partial charge on any atom is -0.497 e. The summed E-state index contributed by atoms with van der Waals surface area (Å²) < 4.78 is 12.2. The molecule has 0 aliphatic carbocycles. The van der Waals surface area contributed by atoms with E-state index in [0.29, 0.717) is 23.2 Å². The normalized spacial score (nSPS) is 10.7. The number of aryl methyl sites for hydroxylation is 1. The van der Waals surface area contributed by atoms with E-state index in [9.17, 15) is 4.79 Å². The second-order valence-electron chi connectivity index (χ2n) is 4.93. The number of aliphatic carboxylic acids is 1. The van der Waals surface area contributed by atoms with Crippen LogP contribution in [0.25, 0.3) is 22.9 Å². The highest BCUT2D eigenvalue weighted by molar-refractivity contribution is 5.68. The minimum absolute atomic E-state index is 0.269. The molecule has 3 aromatic rings. The van der Waals surface area contributed by atoms with Crippen LogP contribution in [0.1, 0.15) is 5.82 Å². The molecule has 23 heavy (non-hydrogen) atoms. The summed E-state index contributed by atoms with van der Waals surface area (Å²) in [6.45, 7) is 1.43. The Morgan fingerprint density at radius 3 is 2.57 bits per heavy atom. The Labute approximate surface area is 132 Å². The molecule has 3 rings (SSSR count). The topological polar surface area (TPSA) is 90.4 Å². The molecule has 0 unspecified atom stereocenters. The Bertz CT molecular complexity index is 833. The van der Waals surface area contributed by atoms with Crippen LogP contribution in [0.4, 0.5) is 0 Å². The molecule has 7 heteroatoms. The van der Waals surface area contributed by atoms with Crippen molar-refractivity contribution in [1.29, 1.82) is 0 Å². The van der Waals surface area contributed by atoms with Gasteiger partial charge in [0, 0.05) is 5.56 Å². The predicted octanol–water partition coefficient (Wildman–Crippen LogP) is 2.61. The molecule has 118 valence electrons. The van der Waals surface area contributed by atoms with Crippen LogP contribution in [0.2, 0.25) is 0 Å². The molecule has 0 aliphatic heterocycles. The number of benzene rings is 1. The van der Waals surface area contributed by atoms with Crippen LogP contribution in [0.5, 0.6) is 5.75 Å². The van der Waals surface area contributed by atoms with E-state index >= 15 is 0 Å². The van der Waals surface area contributed by atoms with Crippen LogP contribution in [-0.4, -0.2) is 33.0 Å². The number of furan rings is 1. The van der Waals surface area contributed by atoms with Crippen LogP contribution in [-0.2, 0) is 11.3 Å². The Hall–Kier alpha value is -3.09. The first kappa shape index (κ1) is 14.8. The number of aromatic nitrogens is 3. The van der Waals surface area contributed by atoms with Gasteiger partial charge < -0.3 is 14.3 Å². The third kappa shape index (κ3) is 3.08. The first-order valence-electron chi connectivity index (χ1n) is 6.94. The van der Waals surface area contributed by atoms with Gasteiger partial charge in [0.25, 0.3) is 0 Å². The maximum atomic E-state index is 10.9. The summed E-state index contributed by atoms with van der Waals surface area (Å²) >= 11 is 0.